The van der Waals surface area contributed by atoms with Crippen molar-refractivity contribution in [3.8, 4) is 0 Å². The molecule has 178 valence electrons. The number of hydroxylamine groups is 2. The highest BCUT2D eigenvalue weighted by Gasteiger charge is 2.56. The molecular weight excluding hydrogens is 440 g/mol. The van der Waals surface area contributed by atoms with E-state index < -0.39 is 35.1 Å². The fraction of sp³-hybridized carbons (Fsp3) is 0.750. The molecule has 12 heteroatoms. The number of carbonyl (C=O) groups excluding carboxylic acids is 4. The lowest BCUT2D eigenvalue weighted by Crippen LogP contribution is -2.62. The molecule has 4 amide bonds. The van der Waals surface area contributed by atoms with Gasteiger partial charge in [-0.3, -0.25) is 24.5 Å². The van der Waals surface area contributed by atoms with Gasteiger partial charge >= 0.3 is 12.0 Å². The van der Waals surface area contributed by atoms with Gasteiger partial charge in [0, 0.05) is 30.3 Å². The van der Waals surface area contributed by atoms with Gasteiger partial charge in [-0.2, -0.15) is 11.8 Å². The highest BCUT2D eigenvalue weighted by atomic mass is 32.2. The van der Waals surface area contributed by atoms with Gasteiger partial charge in [-0.05, 0) is 38.6 Å². The number of carboxylic acids is 1. The summed E-state index contributed by atoms with van der Waals surface area (Å²) in [4.78, 5) is 62.9. The van der Waals surface area contributed by atoms with Crippen LogP contribution in [-0.4, -0.2) is 85.0 Å². The summed E-state index contributed by atoms with van der Waals surface area (Å²) in [5.41, 5.74) is 3.26. The molecule has 3 saturated heterocycles. The molecule has 5 N–H and O–H groups in total. The fourth-order valence-electron chi connectivity index (χ4n) is 4.78. The number of hydrogen-bond acceptors (Lipinski definition) is 8. The number of hydrogen-bond donors (Lipinski definition) is 4. The van der Waals surface area contributed by atoms with Crippen molar-refractivity contribution in [1.82, 2.24) is 15.3 Å². The Kier molecular flexibility index (Phi) is 7.78. The Balaban J connectivity index is 1.74. The van der Waals surface area contributed by atoms with Crippen LogP contribution in [0.1, 0.15) is 57.8 Å². The van der Waals surface area contributed by atoms with Crippen molar-refractivity contribution in [1.29, 1.82) is 0 Å². The van der Waals surface area contributed by atoms with Crippen LogP contribution in [0.15, 0.2) is 0 Å². The van der Waals surface area contributed by atoms with Gasteiger partial charge in [0.15, 0.2) is 5.78 Å². The van der Waals surface area contributed by atoms with Crippen molar-refractivity contribution >= 4 is 41.4 Å². The second-order valence-corrected chi connectivity index (χ2v) is 9.73. The number of carbonyl (C=O) groups is 5. The number of likely N-dealkylation sites (tertiary alicyclic amines) is 1. The molecule has 3 fully saturated rings. The van der Waals surface area contributed by atoms with Crippen LogP contribution in [0.2, 0.25) is 0 Å². The van der Waals surface area contributed by atoms with Gasteiger partial charge in [-0.25, -0.2) is 14.7 Å². The number of Topliss-reactive ketones (excluding diaryl/α,β-unsaturated/α-hetero) is 1. The summed E-state index contributed by atoms with van der Waals surface area (Å²) < 4.78 is 0. The first kappa shape index (κ1) is 24.5. The zero-order chi connectivity index (χ0) is 23.5. The molecule has 0 aliphatic carbocycles. The molecule has 3 aliphatic heterocycles. The maximum Gasteiger partial charge on any atom is 0.341 e. The number of rotatable bonds is 12. The number of carboxylic acid groups (broad SMARTS) is 1. The van der Waals surface area contributed by atoms with Gasteiger partial charge in [0.05, 0.1) is 12.1 Å². The quantitative estimate of drug-likeness (QED) is 0.104. The number of ketones is 1. The minimum atomic E-state index is -2.21. The van der Waals surface area contributed by atoms with E-state index in [-0.39, 0.29) is 49.4 Å². The lowest BCUT2D eigenvalue weighted by molar-refractivity contribution is -0.168. The van der Waals surface area contributed by atoms with E-state index >= 15 is 0 Å². The van der Waals surface area contributed by atoms with Gasteiger partial charge in [-0.1, -0.05) is 6.42 Å². The smallest absolute Gasteiger partial charge is 0.341 e. The minimum Gasteiger partial charge on any atom is -0.479 e. The fourth-order valence-corrected chi connectivity index (χ4v) is 6.37. The number of thioether (sulfide) groups is 1. The molecule has 0 radical (unpaired) electrons. The summed E-state index contributed by atoms with van der Waals surface area (Å²) in [5.74, 6) is -2.86. The predicted octanol–water partition coefficient (Wildman–Crippen LogP) is 0.484. The molecule has 32 heavy (non-hydrogen) atoms. The first-order valence-electron chi connectivity index (χ1n) is 11.0. The summed E-state index contributed by atoms with van der Waals surface area (Å²) in [5, 5.41) is 23.3. The highest BCUT2D eigenvalue weighted by molar-refractivity contribution is 8.00. The van der Waals surface area contributed by atoms with E-state index in [0.717, 1.165) is 0 Å². The van der Waals surface area contributed by atoms with Crippen LogP contribution in [0.25, 0.3) is 0 Å². The summed E-state index contributed by atoms with van der Waals surface area (Å²) >= 11 is 1.55. The lowest BCUT2D eigenvalue weighted by atomic mass is 9.83. The number of fused-ring (bicyclic) bond motifs is 1. The highest BCUT2D eigenvalue weighted by Crippen LogP contribution is 2.38. The maximum atomic E-state index is 13.2. The van der Waals surface area contributed by atoms with Crippen LogP contribution in [0.3, 0.4) is 0 Å². The van der Waals surface area contributed by atoms with Crippen molar-refractivity contribution < 1.29 is 34.3 Å². The maximum absolute atomic E-state index is 13.2. The molecule has 0 saturated carbocycles. The van der Waals surface area contributed by atoms with E-state index in [9.17, 15) is 34.3 Å². The normalized spacial score (nSPS) is 26.9. The molecule has 4 atom stereocenters. The Bertz CT molecular complexity index is 778. The molecule has 0 aromatic carbocycles. The number of amides is 4. The number of aliphatic carboxylic acids is 1. The van der Waals surface area contributed by atoms with Crippen molar-refractivity contribution in [2.45, 2.75) is 80.7 Å². The van der Waals surface area contributed by atoms with E-state index in [2.05, 4.69) is 5.32 Å². The number of imide groups is 1. The third kappa shape index (κ3) is 4.48. The van der Waals surface area contributed by atoms with E-state index in [0.29, 0.717) is 47.9 Å². The third-order valence-corrected chi connectivity index (χ3v) is 7.98. The van der Waals surface area contributed by atoms with Crippen LogP contribution in [-0.2, 0) is 19.2 Å². The SMILES string of the molecule is NCCCCCC(=O)C(CCC[C@@H]1SC[C@H]2[C@@H]1NC(=O)N2O)(C(=O)O)N1C(=O)CCC1=O. The molecule has 0 bridgehead atoms. The average molecular weight is 471 g/mol. The second kappa shape index (κ2) is 10.2. The molecule has 0 aromatic rings. The van der Waals surface area contributed by atoms with E-state index in [4.69, 9.17) is 5.73 Å². The summed E-state index contributed by atoms with van der Waals surface area (Å²) in [6.07, 6.45) is 2.07. The Morgan fingerprint density at radius 3 is 2.44 bits per heavy atom. The van der Waals surface area contributed by atoms with Crippen LogP contribution in [0.4, 0.5) is 4.79 Å². The first-order valence-corrected chi connectivity index (χ1v) is 12.0. The predicted molar refractivity (Wildman–Crippen MR) is 114 cm³/mol. The van der Waals surface area contributed by atoms with Gasteiger partial charge < -0.3 is 16.2 Å². The molecule has 3 heterocycles. The zero-order valence-corrected chi connectivity index (χ0v) is 18.6. The molecule has 3 rings (SSSR count). The lowest BCUT2D eigenvalue weighted by Gasteiger charge is -2.36. The number of urea groups is 1. The molecule has 3 aliphatic rings. The standard InChI is InChI=1S/C20H30N4O7S/c21-10-3-1-2-6-14(25)20(18(28)29,23-15(26)7-8-16(23)27)9-4-5-13-17-12(11-32-13)24(31)19(30)22-17/h12-13,17,31H,1-11,21H2,(H,22,30)(H,28,29)/t12-,13-,17-,20?/m0/s1. The van der Waals surface area contributed by atoms with Crippen molar-refractivity contribution in [2.75, 3.05) is 12.3 Å². The van der Waals surface area contributed by atoms with E-state index in [1.165, 1.54) is 0 Å². The van der Waals surface area contributed by atoms with E-state index in [1.54, 1.807) is 11.8 Å². The first-order chi connectivity index (χ1) is 15.2. The van der Waals surface area contributed by atoms with Gasteiger partial charge in [-0.15, -0.1) is 0 Å². The van der Waals surface area contributed by atoms with Crippen LogP contribution in [0.5, 0.6) is 0 Å². The average Bonchev–Trinajstić information content (AvgIpc) is 3.39. The van der Waals surface area contributed by atoms with Gasteiger partial charge in [0.1, 0.15) is 0 Å². The zero-order valence-electron chi connectivity index (χ0n) is 17.8. The summed E-state index contributed by atoms with van der Waals surface area (Å²) in [6, 6.07) is -1.20. The molecule has 11 nitrogen and oxygen atoms in total. The Morgan fingerprint density at radius 2 is 1.81 bits per heavy atom. The van der Waals surface area contributed by atoms with Crippen LogP contribution in [0, 0.1) is 0 Å². The monoisotopic (exact) mass is 470 g/mol. The Labute approximate surface area is 190 Å². The number of nitrogens with one attached hydrogen (secondary N) is 1. The molecule has 0 aromatic heterocycles. The van der Waals surface area contributed by atoms with Crippen LogP contribution >= 0.6 is 11.8 Å². The third-order valence-electron chi connectivity index (χ3n) is 6.49. The Morgan fingerprint density at radius 1 is 1.12 bits per heavy atom. The molecular formula is C20H30N4O7S. The van der Waals surface area contributed by atoms with Gasteiger partial charge in [0.2, 0.25) is 17.4 Å². The summed E-state index contributed by atoms with van der Waals surface area (Å²) in [7, 11) is 0. The van der Waals surface area contributed by atoms with E-state index in [1.807, 2.05) is 0 Å². The summed E-state index contributed by atoms with van der Waals surface area (Å²) in [6.45, 7) is 0.463. The van der Waals surface area contributed by atoms with Crippen molar-refractivity contribution in [3.63, 3.8) is 0 Å². The molecule has 1 unspecified atom stereocenters. The number of unbranched alkanes of at least 4 members (excludes halogenated alkanes) is 2. The topological polar surface area (TPSA) is 170 Å². The second-order valence-electron chi connectivity index (χ2n) is 8.46. The largest absolute Gasteiger partial charge is 0.479 e. The number of nitrogens with two attached hydrogens (primary N) is 1. The van der Waals surface area contributed by atoms with Gasteiger partial charge in [0.25, 0.3) is 0 Å². The Hall–Kier alpha value is -2.18. The van der Waals surface area contributed by atoms with Crippen molar-refractivity contribution in [3.05, 3.63) is 0 Å². The van der Waals surface area contributed by atoms with Crippen molar-refractivity contribution in [2.24, 2.45) is 5.73 Å². The van der Waals surface area contributed by atoms with Crippen LogP contribution < -0.4 is 11.1 Å². The number of nitrogens with zero attached hydrogens (tertiary/aromatic N) is 2. The molecule has 0 spiro atoms. The minimum absolute atomic E-state index is 0.0538.